The lowest BCUT2D eigenvalue weighted by Crippen LogP contribution is -2.27. The number of aryl methyl sites for hydroxylation is 1. The lowest BCUT2D eigenvalue weighted by Gasteiger charge is -2.16. The number of carbonyl (C=O) groups excluding carboxylic acids is 1. The van der Waals surface area contributed by atoms with Crippen LogP contribution in [0.5, 0.6) is 0 Å². The maximum absolute atomic E-state index is 12.0. The molecule has 8 heteroatoms. The minimum atomic E-state index is -0.390. The molecule has 0 atom stereocenters. The summed E-state index contributed by atoms with van der Waals surface area (Å²) >= 11 is 1.55. The van der Waals surface area contributed by atoms with Gasteiger partial charge in [0.1, 0.15) is 0 Å². The molecule has 0 saturated carbocycles. The second-order valence-corrected chi connectivity index (χ2v) is 8.67. The van der Waals surface area contributed by atoms with Crippen LogP contribution < -0.4 is 4.80 Å². The summed E-state index contributed by atoms with van der Waals surface area (Å²) in [5.41, 5.74) is 4.12. The zero-order chi connectivity index (χ0) is 22.5. The van der Waals surface area contributed by atoms with Crippen LogP contribution in [0.15, 0.2) is 58.9 Å². The van der Waals surface area contributed by atoms with Gasteiger partial charge in [0.15, 0.2) is 4.80 Å². The van der Waals surface area contributed by atoms with E-state index in [-0.39, 0.29) is 16.5 Å². The summed E-state index contributed by atoms with van der Waals surface area (Å²) in [4.78, 5) is 30.2. The Kier molecular flexibility index (Phi) is 6.80. The fraction of sp³-hybridized carbons (Fsp3) is 0.333. The first kappa shape index (κ1) is 22.0. The molecular formula is C24H26N4O3S. The minimum Gasteiger partial charge on any atom is -0.343 e. The van der Waals surface area contributed by atoms with Crippen molar-refractivity contribution >= 4 is 28.6 Å². The molecule has 7 nitrogen and oxygen atoms in total. The maximum Gasteiger partial charge on any atom is 0.269 e. The quantitative estimate of drug-likeness (QED) is 0.360. The van der Waals surface area contributed by atoms with Gasteiger partial charge >= 0.3 is 0 Å². The Morgan fingerprint density at radius 2 is 1.84 bits per heavy atom. The van der Waals surface area contributed by atoms with Crippen molar-refractivity contribution in [2.75, 3.05) is 13.1 Å². The van der Waals surface area contributed by atoms with E-state index >= 15 is 0 Å². The maximum atomic E-state index is 12.0. The van der Waals surface area contributed by atoms with E-state index in [2.05, 4.69) is 23.6 Å². The van der Waals surface area contributed by atoms with Crippen LogP contribution in [0.3, 0.4) is 0 Å². The standard InChI is InChI=1S/C24H26N4O3S/c1-2-18-6-10-20(11-7-18)25-24-27(16-4-15-26-14-3-5-23(26)29)22(17-32-24)19-8-12-21(13-9-19)28(30)31/h6-13,17H,2-5,14-16H2,1H3. The van der Waals surface area contributed by atoms with Gasteiger partial charge in [-0.25, -0.2) is 4.99 Å². The van der Waals surface area contributed by atoms with Gasteiger partial charge in [0.2, 0.25) is 5.91 Å². The first-order valence-corrected chi connectivity index (χ1v) is 11.8. The zero-order valence-electron chi connectivity index (χ0n) is 18.1. The van der Waals surface area contributed by atoms with Crippen molar-refractivity contribution in [1.82, 2.24) is 9.47 Å². The van der Waals surface area contributed by atoms with Crippen LogP contribution in [0.2, 0.25) is 0 Å². The topological polar surface area (TPSA) is 80.7 Å². The Morgan fingerprint density at radius 1 is 1.09 bits per heavy atom. The summed E-state index contributed by atoms with van der Waals surface area (Å²) in [5.74, 6) is 0.233. The van der Waals surface area contributed by atoms with E-state index in [9.17, 15) is 14.9 Å². The van der Waals surface area contributed by atoms with Gasteiger partial charge in [0.05, 0.1) is 16.3 Å². The highest BCUT2D eigenvalue weighted by Crippen LogP contribution is 2.24. The number of thiazole rings is 1. The molecule has 3 aromatic rings. The van der Waals surface area contributed by atoms with Crippen LogP contribution in [0, 0.1) is 10.1 Å². The van der Waals surface area contributed by atoms with Gasteiger partial charge in [-0.05, 0) is 54.7 Å². The fourth-order valence-corrected chi connectivity index (χ4v) is 4.85. The molecule has 32 heavy (non-hydrogen) atoms. The highest BCUT2D eigenvalue weighted by Gasteiger charge is 2.19. The number of benzene rings is 2. The molecule has 0 N–H and O–H groups in total. The number of non-ortho nitro benzene ring substituents is 1. The second kappa shape index (κ2) is 9.91. The predicted molar refractivity (Wildman–Crippen MR) is 126 cm³/mol. The van der Waals surface area contributed by atoms with Crippen molar-refractivity contribution in [2.45, 2.75) is 39.2 Å². The molecule has 0 bridgehead atoms. The number of nitro benzene ring substituents is 1. The number of aromatic nitrogens is 1. The van der Waals surface area contributed by atoms with Gasteiger partial charge in [-0.15, -0.1) is 11.3 Å². The second-order valence-electron chi connectivity index (χ2n) is 7.83. The van der Waals surface area contributed by atoms with Crippen molar-refractivity contribution < 1.29 is 9.72 Å². The third-order valence-corrected chi connectivity index (χ3v) is 6.59. The SMILES string of the molecule is CCc1ccc(N=c2scc(-c3ccc([N+](=O)[O-])cc3)n2CCCN2CCCC2=O)cc1. The summed E-state index contributed by atoms with van der Waals surface area (Å²) in [6, 6.07) is 14.8. The average molecular weight is 451 g/mol. The van der Waals surface area contributed by atoms with E-state index in [1.807, 2.05) is 22.4 Å². The lowest BCUT2D eigenvalue weighted by atomic mass is 10.1. The summed E-state index contributed by atoms with van der Waals surface area (Å²) < 4.78 is 2.15. The number of nitro groups is 1. The van der Waals surface area contributed by atoms with Gasteiger partial charge in [-0.2, -0.15) is 0 Å². The van der Waals surface area contributed by atoms with Crippen molar-refractivity contribution in [3.8, 4) is 11.3 Å². The van der Waals surface area contributed by atoms with Gasteiger partial charge in [0.25, 0.3) is 5.69 Å². The molecule has 0 spiro atoms. The molecule has 2 aromatic carbocycles. The van der Waals surface area contributed by atoms with Crippen LogP contribution in [0.25, 0.3) is 11.3 Å². The summed E-state index contributed by atoms with van der Waals surface area (Å²) in [6.07, 6.45) is 3.39. The number of rotatable bonds is 8. The predicted octanol–water partition coefficient (Wildman–Crippen LogP) is 4.93. The highest BCUT2D eigenvalue weighted by atomic mass is 32.1. The summed E-state index contributed by atoms with van der Waals surface area (Å²) in [6.45, 7) is 4.40. The van der Waals surface area contributed by atoms with Gasteiger partial charge < -0.3 is 9.47 Å². The van der Waals surface area contributed by atoms with E-state index in [0.717, 1.165) is 54.1 Å². The van der Waals surface area contributed by atoms with Crippen LogP contribution in [-0.2, 0) is 17.8 Å². The highest BCUT2D eigenvalue weighted by molar-refractivity contribution is 7.07. The third kappa shape index (κ3) is 4.96. The number of carbonyl (C=O) groups is 1. The average Bonchev–Trinajstić information content (AvgIpc) is 3.40. The van der Waals surface area contributed by atoms with Gasteiger partial charge in [-0.3, -0.25) is 14.9 Å². The van der Waals surface area contributed by atoms with Crippen LogP contribution in [0.1, 0.15) is 31.7 Å². The molecule has 2 heterocycles. The molecule has 0 aliphatic carbocycles. The molecular weight excluding hydrogens is 424 g/mol. The first-order chi connectivity index (χ1) is 15.5. The van der Waals surface area contributed by atoms with Gasteiger partial charge in [-0.1, -0.05) is 19.1 Å². The number of nitrogens with zero attached hydrogens (tertiary/aromatic N) is 4. The van der Waals surface area contributed by atoms with E-state index in [4.69, 9.17) is 4.99 Å². The normalized spacial score (nSPS) is 14.3. The van der Waals surface area contributed by atoms with Gasteiger partial charge in [0, 0.05) is 43.6 Å². The van der Waals surface area contributed by atoms with E-state index in [1.54, 1.807) is 23.5 Å². The van der Waals surface area contributed by atoms with E-state index in [1.165, 1.54) is 17.7 Å². The molecule has 1 amide bonds. The molecule has 166 valence electrons. The molecule has 0 unspecified atom stereocenters. The minimum absolute atomic E-state index is 0.0731. The molecule has 1 fully saturated rings. The van der Waals surface area contributed by atoms with Crippen molar-refractivity contribution in [3.63, 3.8) is 0 Å². The van der Waals surface area contributed by atoms with Crippen LogP contribution >= 0.6 is 11.3 Å². The lowest BCUT2D eigenvalue weighted by molar-refractivity contribution is -0.384. The summed E-state index contributed by atoms with van der Waals surface area (Å²) in [5, 5.41) is 13.1. The largest absolute Gasteiger partial charge is 0.343 e. The molecule has 0 radical (unpaired) electrons. The number of likely N-dealkylation sites (tertiary alicyclic amines) is 1. The Bertz CT molecular complexity index is 1160. The van der Waals surface area contributed by atoms with Crippen LogP contribution in [-0.4, -0.2) is 33.4 Å². The van der Waals surface area contributed by atoms with Crippen molar-refractivity contribution in [1.29, 1.82) is 0 Å². The Morgan fingerprint density at radius 3 is 2.47 bits per heavy atom. The third-order valence-electron chi connectivity index (χ3n) is 5.72. The zero-order valence-corrected chi connectivity index (χ0v) is 18.9. The smallest absolute Gasteiger partial charge is 0.269 e. The molecule has 1 aliphatic heterocycles. The molecule has 1 saturated heterocycles. The fourth-order valence-electron chi connectivity index (χ4n) is 3.90. The Labute approximate surface area is 190 Å². The van der Waals surface area contributed by atoms with Crippen LogP contribution in [0.4, 0.5) is 11.4 Å². The number of hydrogen-bond donors (Lipinski definition) is 0. The van der Waals surface area contributed by atoms with E-state index < -0.39 is 0 Å². The first-order valence-electron chi connectivity index (χ1n) is 10.9. The Balaban J connectivity index is 1.64. The number of hydrogen-bond acceptors (Lipinski definition) is 5. The van der Waals surface area contributed by atoms with Crippen molar-refractivity contribution in [3.05, 3.63) is 74.4 Å². The molecule has 4 rings (SSSR count). The molecule has 1 aromatic heterocycles. The molecule has 1 aliphatic rings. The monoisotopic (exact) mass is 450 g/mol. The Hall–Kier alpha value is -3.26. The number of amides is 1. The van der Waals surface area contributed by atoms with Crippen molar-refractivity contribution in [2.24, 2.45) is 4.99 Å². The summed E-state index contributed by atoms with van der Waals surface area (Å²) in [7, 11) is 0. The van der Waals surface area contributed by atoms with E-state index in [0.29, 0.717) is 13.0 Å².